The normalized spacial score (nSPS) is 13.9. The molecule has 5 rings (SSSR count). The van der Waals surface area contributed by atoms with Crippen molar-refractivity contribution in [1.29, 1.82) is 0 Å². The van der Waals surface area contributed by atoms with E-state index >= 15 is 0 Å². The molecule has 0 saturated carbocycles. The molecular formula is C27H19NO3S. The molecule has 156 valence electrons. The summed E-state index contributed by atoms with van der Waals surface area (Å²) >= 11 is 1.45. The molecule has 0 aliphatic carbocycles. The first-order valence-corrected chi connectivity index (χ1v) is 11.0. The van der Waals surface area contributed by atoms with E-state index in [2.05, 4.69) is 5.32 Å². The van der Waals surface area contributed by atoms with E-state index in [1.54, 1.807) is 18.2 Å². The van der Waals surface area contributed by atoms with E-state index in [1.807, 2.05) is 78.9 Å². The third-order valence-corrected chi connectivity index (χ3v) is 6.28. The highest BCUT2D eigenvalue weighted by molar-refractivity contribution is 8.04. The number of hydrogen-bond donors (Lipinski definition) is 1. The summed E-state index contributed by atoms with van der Waals surface area (Å²) in [5.74, 6) is 1.11. The Kier molecular flexibility index (Phi) is 5.48. The van der Waals surface area contributed by atoms with Crippen molar-refractivity contribution in [2.24, 2.45) is 0 Å². The number of carbonyl (C=O) groups excluding carboxylic acids is 2. The number of ketones is 1. The smallest absolute Gasteiger partial charge is 0.251 e. The number of furan rings is 1. The number of fused-ring (bicyclic) bond motifs is 1. The summed E-state index contributed by atoms with van der Waals surface area (Å²) in [6, 6.07) is 28.4. The van der Waals surface area contributed by atoms with Crippen molar-refractivity contribution in [2.75, 3.05) is 0 Å². The van der Waals surface area contributed by atoms with Crippen LogP contribution in [-0.4, -0.2) is 11.7 Å². The van der Waals surface area contributed by atoms with E-state index in [9.17, 15) is 9.59 Å². The minimum absolute atomic E-state index is 0.0145. The van der Waals surface area contributed by atoms with Crippen LogP contribution in [0.15, 0.2) is 105 Å². The van der Waals surface area contributed by atoms with Gasteiger partial charge in [-0.05, 0) is 48.0 Å². The van der Waals surface area contributed by atoms with Gasteiger partial charge in [0.25, 0.3) is 5.91 Å². The Hall–Kier alpha value is -3.83. The summed E-state index contributed by atoms with van der Waals surface area (Å²) in [7, 11) is 0. The molecular weight excluding hydrogens is 418 g/mol. The zero-order valence-corrected chi connectivity index (χ0v) is 17.9. The highest BCUT2D eigenvalue weighted by Gasteiger charge is 2.25. The Morgan fingerprint density at radius 2 is 1.72 bits per heavy atom. The van der Waals surface area contributed by atoms with Gasteiger partial charge in [-0.1, -0.05) is 66.4 Å². The van der Waals surface area contributed by atoms with E-state index in [1.165, 1.54) is 11.8 Å². The van der Waals surface area contributed by atoms with Crippen LogP contribution in [-0.2, 0) is 6.54 Å². The van der Waals surface area contributed by atoms with Gasteiger partial charge in [0.2, 0.25) is 5.78 Å². The van der Waals surface area contributed by atoms with Gasteiger partial charge in [0.1, 0.15) is 11.5 Å². The summed E-state index contributed by atoms with van der Waals surface area (Å²) in [4.78, 5) is 26.8. The zero-order chi connectivity index (χ0) is 21.9. The quantitative estimate of drug-likeness (QED) is 0.377. The number of thioether (sulfide) groups is 1. The average Bonchev–Trinajstić information content (AvgIpc) is 3.43. The second-order valence-corrected chi connectivity index (χ2v) is 8.47. The van der Waals surface area contributed by atoms with Crippen LogP contribution >= 0.6 is 11.8 Å². The molecule has 4 nitrogen and oxygen atoms in total. The lowest BCUT2D eigenvalue weighted by molar-refractivity contribution is 0.0950. The molecule has 2 heterocycles. The molecule has 32 heavy (non-hydrogen) atoms. The van der Waals surface area contributed by atoms with Crippen LogP contribution in [0.5, 0.6) is 0 Å². The second kappa shape index (κ2) is 8.73. The number of allylic oxidation sites excluding steroid dienone is 1. The highest BCUT2D eigenvalue weighted by Crippen LogP contribution is 2.40. The van der Waals surface area contributed by atoms with Crippen molar-refractivity contribution < 1.29 is 14.0 Å². The molecule has 3 aromatic carbocycles. The zero-order valence-electron chi connectivity index (χ0n) is 17.1. The molecule has 0 unspecified atom stereocenters. The van der Waals surface area contributed by atoms with E-state index in [0.717, 1.165) is 21.6 Å². The van der Waals surface area contributed by atoms with Crippen LogP contribution in [0.3, 0.4) is 0 Å². The minimum Gasteiger partial charge on any atom is -0.457 e. The third kappa shape index (κ3) is 4.15. The average molecular weight is 438 g/mol. The van der Waals surface area contributed by atoms with Gasteiger partial charge < -0.3 is 9.73 Å². The van der Waals surface area contributed by atoms with Crippen molar-refractivity contribution in [2.45, 2.75) is 11.4 Å². The summed E-state index contributed by atoms with van der Waals surface area (Å²) in [5.41, 5.74) is 3.13. The topological polar surface area (TPSA) is 59.3 Å². The van der Waals surface area contributed by atoms with Gasteiger partial charge in [-0.25, -0.2) is 0 Å². The third-order valence-electron chi connectivity index (χ3n) is 5.18. The maximum atomic E-state index is 12.6. The molecule has 0 fully saturated rings. The molecule has 5 heteroatoms. The van der Waals surface area contributed by atoms with Crippen LogP contribution in [0, 0.1) is 0 Å². The number of nitrogens with one attached hydrogen (secondary N) is 1. The molecule has 0 spiro atoms. The molecule has 0 saturated heterocycles. The number of hydrogen-bond acceptors (Lipinski definition) is 4. The molecule has 1 aliphatic rings. The fourth-order valence-corrected chi connectivity index (χ4v) is 4.58. The molecule has 0 atom stereocenters. The van der Waals surface area contributed by atoms with Crippen molar-refractivity contribution in [3.63, 3.8) is 0 Å². The predicted molar refractivity (Wildman–Crippen MR) is 126 cm³/mol. The summed E-state index contributed by atoms with van der Waals surface area (Å²) in [5, 5.41) is 2.94. The van der Waals surface area contributed by atoms with E-state index in [4.69, 9.17) is 4.42 Å². The molecule has 1 aliphatic heterocycles. The molecule has 1 aromatic heterocycles. The summed E-state index contributed by atoms with van der Waals surface area (Å²) < 4.78 is 5.97. The van der Waals surface area contributed by atoms with Crippen molar-refractivity contribution in [3.05, 3.63) is 118 Å². The predicted octanol–water partition coefficient (Wildman–Crippen LogP) is 6.21. The first-order valence-electron chi connectivity index (χ1n) is 10.2. The van der Waals surface area contributed by atoms with Crippen LogP contribution in [0.4, 0.5) is 0 Å². The van der Waals surface area contributed by atoms with Gasteiger partial charge >= 0.3 is 0 Å². The van der Waals surface area contributed by atoms with Crippen LogP contribution in [0.1, 0.15) is 32.0 Å². The Bertz CT molecular complexity index is 1340. The fraction of sp³-hybridized carbons (Fsp3) is 0.0370. The lowest BCUT2D eigenvalue weighted by atomic mass is 10.1. The Morgan fingerprint density at radius 3 is 2.56 bits per heavy atom. The van der Waals surface area contributed by atoms with Crippen molar-refractivity contribution in [1.82, 2.24) is 5.32 Å². The highest BCUT2D eigenvalue weighted by atomic mass is 32.2. The molecule has 0 radical (unpaired) electrons. The number of rotatable bonds is 5. The molecule has 1 amide bonds. The van der Waals surface area contributed by atoms with E-state index < -0.39 is 0 Å². The summed E-state index contributed by atoms with van der Waals surface area (Å²) in [6.07, 6.45) is 1.77. The van der Waals surface area contributed by atoms with Crippen LogP contribution < -0.4 is 5.32 Å². The molecule has 0 bridgehead atoms. The number of amides is 1. The van der Waals surface area contributed by atoms with Crippen molar-refractivity contribution in [3.8, 4) is 11.3 Å². The first kappa shape index (κ1) is 20.1. The largest absolute Gasteiger partial charge is 0.457 e. The van der Waals surface area contributed by atoms with Gasteiger partial charge in [-0.15, -0.1) is 0 Å². The second-order valence-electron chi connectivity index (χ2n) is 7.39. The maximum absolute atomic E-state index is 12.6. The standard InChI is InChI=1S/C27H19NO3S/c29-26-22-11-4-5-12-24(22)32-25(26)16-21-13-14-23(31-21)19-9-6-10-20(15-19)27(30)28-17-18-7-2-1-3-8-18/h1-16H,17H2,(H,28,30)/b25-16-. The molecule has 4 aromatic rings. The van der Waals surface area contributed by atoms with Gasteiger partial charge in [-0.2, -0.15) is 0 Å². The van der Waals surface area contributed by atoms with Gasteiger partial charge in [0.05, 0.1) is 4.91 Å². The Balaban J connectivity index is 1.32. The first-order chi connectivity index (χ1) is 15.7. The van der Waals surface area contributed by atoms with E-state index in [-0.39, 0.29) is 11.7 Å². The number of Topliss-reactive ketones (excluding diaryl/α,β-unsaturated/α-hetero) is 1. The minimum atomic E-state index is -0.143. The van der Waals surface area contributed by atoms with E-state index in [0.29, 0.717) is 28.5 Å². The lowest BCUT2D eigenvalue weighted by Gasteiger charge is -2.06. The summed E-state index contributed by atoms with van der Waals surface area (Å²) in [6.45, 7) is 0.469. The van der Waals surface area contributed by atoms with Gasteiger partial charge in [-0.3, -0.25) is 9.59 Å². The Morgan fingerprint density at radius 1 is 0.906 bits per heavy atom. The fourth-order valence-electron chi connectivity index (χ4n) is 3.54. The van der Waals surface area contributed by atoms with Gasteiger partial charge in [0.15, 0.2) is 0 Å². The van der Waals surface area contributed by atoms with Crippen LogP contribution in [0.2, 0.25) is 0 Å². The SMILES string of the molecule is O=C(NCc1ccccc1)c1cccc(-c2ccc(/C=C3\Sc4ccccc4C3=O)o2)c1. The number of benzene rings is 3. The maximum Gasteiger partial charge on any atom is 0.251 e. The molecule has 1 N–H and O–H groups in total. The Labute approximate surface area is 190 Å². The monoisotopic (exact) mass is 437 g/mol. The lowest BCUT2D eigenvalue weighted by Crippen LogP contribution is -2.22. The van der Waals surface area contributed by atoms with Gasteiger partial charge in [0, 0.05) is 28.1 Å². The van der Waals surface area contributed by atoms with Crippen LogP contribution in [0.25, 0.3) is 17.4 Å². The number of carbonyl (C=O) groups is 2. The van der Waals surface area contributed by atoms with Crippen molar-refractivity contribution >= 4 is 29.5 Å².